The van der Waals surface area contributed by atoms with Gasteiger partial charge in [-0.2, -0.15) is 0 Å². The molecule has 7 heteroatoms. The fraction of sp³-hybridized carbons (Fsp3) is 0.733. The molecule has 124 valence electrons. The number of hydrogen-bond acceptors (Lipinski definition) is 6. The van der Waals surface area contributed by atoms with Crippen LogP contribution in [0.5, 0.6) is 0 Å². The number of ether oxygens (including phenoxy) is 1. The number of Topliss-reactive ketones (excluding diaryl/α,β-unsaturated/α-hetero) is 1. The summed E-state index contributed by atoms with van der Waals surface area (Å²) >= 11 is 0. The van der Waals surface area contributed by atoms with Gasteiger partial charge in [-0.3, -0.25) is 4.79 Å². The molecule has 1 aromatic rings. The number of nitrogens with zero attached hydrogens (tertiary/aromatic N) is 2. The van der Waals surface area contributed by atoms with Gasteiger partial charge in [-0.15, -0.1) is 10.2 Å². The third-order valence-electron chi connectivity index (χ3n) is 2.72. The molecule has 0 bridgehead atoms. The molecule has 22 heavy (non-hydrogen) atoms. The topological polar surface area (TPSA) is 94.3 Å². The highest BCUT2D eigenvalue weighted by molar-refractivity contribution is 5.77. The van der Waals surface area contributed by atoms with Crippen LogP contribution in [-0.4, -0.2) is 27.7 Å². The molecule has 1 heterocycles. The van der Waals surface area contributed by atoms with Gasteiger partial charge < -0.3 is 14.5 Å². The second-order valence-electron chi connectivity index (χ2n) is 6.25. The molecule has 0 saturated heterocycles. The van der Waals surface area contributed by atoms with Crippen molar-refractivity contribution in [3.8, 4) is 0 Å². The summed E-state index contributed by atoms with van der Waals surface area (Å²) in [7, 11) is 0. The molecular weight excluding hydrogens is 286 g/mol. The monoisotopic (exact) mass is 311 g/mol. The SMILES string of the molecule is CCCCC(NC(=O)OC(C)(C)C)c1nnc(CC(C)=O)o1. The third-order valence-corrected chi connectivity index (χ3v) is 2.72. The molecule has 1 N–H and O–H groups in total. The first-order valence-corrected chi connectivity index (χ1v) is 7.52. The van der Waals surface area contributed by atoms with Crippen LogP contribution >= 0.6 is 0 Å². The lowest BCUT2D eigenvalue weighted by molar-refractivity contribution is -0.116. The second-order valence-corrected chi connectivity index (χ2v) is 6.25. The molecule has 0 aliphatic heterocycles. The Morgan fingerprint density at radius 3 is 2.55 bits per heavy atom. The quantitative estimate of drug-likeness (QED) is 0.832. The minimum absolute atomic E-state index is 0.0552. The van der Waals surface area contributed by atoms with Crippen LogP contribution in [0.25, 0.3) is 0 Å². The Morgan fingerprint density at radius 2 is 2.00 bits per heavy atom. The summed E-state index contributed by atoms with van der Waals surface area (Å²) in [5, 5.41) is 10.5. The number of hydrogen-bond donors (Lipinski definition) is 1. The number of aromatic nitrogens is 2. The highest BCUT2D eigenvalue weighted by Gasteiger charge is 2.24. The highest BCUT2D eigenvalue weighted by Crippen LogP contribution is 2.19. The Hall–Kier alpha value is -1.92. The van der Waals surface area contributed by atoms with E-state index in [0.29, 0.717) is 12.3 Å². The first kappa shape index (κ1) is 18.1. The van der Waals surface area contributed by atoms with Crippen molar-refractivity contribution in [2.24, 2.45) is 0 Å². The fourth-order valence-electron chi connectivity index (χ4n) is 1.81. The van der Waals surface area contributed by atoms with E-state index in [1.807, 2.05) is 0 Å². The lowest BCUT2D eigenvalue weighted by atomic mass is 10.1. The van der Waals surface area contributed by atoms with Gasteiger partial charge in [0, 0.05) is 0 Å². The fourth-order valence-corrected chi connectivity index (χ4v) is 1.81. The first-order chi connectivity index (χ1) is 10.2. The van der Waals surface area contributed by atoms with Crippen molar-refractivity contribution >= 4 is 11.9 Å². The summed E-state index contributed by atoms with van der Waals surface area (Å²) in [4.78, 5) is 23.0. The van der Waals surface area contributed by atoms with Crippen LogP contribution < -0.4 is 5.32 Å². The molecule has 1 rings (SSSR count). The van der Waals surface area contributed by atoms with E-state index in [1.165, 1.54) is 6.92 Å². The smallest absolute Gasteiger partial charge is 0.408 e. The summed E-state index contributed by atoms with van der Waals surface area (Å²) in [5.74, 6) is 0.506. The van der Waals surface area contributed by atoms with E-state index in [2.05, 4.69) is 22.4 Å². The molecule has 1 atom stereocenters. The van der Waals surface area contributed by atoms with Crippen molar-refractivity contribution < 1.29 is 18.7 Å². The van der Waals surface area contributed by atoms with E-state index in [0.717, 1.165) is 12.8 Å². The molecule has 1 aromatic heterocycles. The lowest BCUT2D eigenvalue weighted by Crippen LogP contribution is -2.35. The van der Waals surface area contributed by atoms with Crippen molar-refractivity contribution in [3.63, 3.8) is 0 Å². The van der Waals surface area contributed by atoms with Crippen LogP contribution in [0.1, 0.15) is 71.7 Å². The van der Waals surface area contributed by atoms with Gasteiger partial charge in [0.25, 0.3) is 0 Å². The minimum Gasteiger partial charge on any atom is -0.444 e. The number of unbranched alkanes of at least 4 members (excludes halogenated alkanes) is 1. The first-order valence-electron chi connectivity index (χ1n) is 7.52. The molecule has 0 aromatic carbocycles. The van der Waals surface area contributed by atoms with E-state index in [9.17, 15) is 9.59 Å². The van der Waals surface area contributed by atoms with E-state index in [1.54, 1.807) is 20.8 Å². The van der Waals surface area contributed by atoms with Crippen molar-refractivity contribution in [1.29, 1.82) is 0 Å². The third kappa shape index (κ3) is 6.69. The van der Waals surface area contributed by atoms with Crippen molar-refractivity contribution in [2.75, 3.05) is 0 Å². The number of carbonyl (C=O) groups excluding carboxylic acids is 2. The maximum atomic E-state index is 11.9. The van der Waals surface area contributed by atoms with Gasteiger partial charge in [-0.05, 0) is 34.1 Å². The molecule has 1 unspecified atom stereocenters. The molecule has 0 aliphatic carbocycles. The zero-order valence-electron chi connectivity index (χ0n) is 13.9. The molecule has 0 radical (unpaired) electrons. The summed E-state index contributed by atoms with van der Waals surface area (Å²) in [6.07, 6.45) is 2.10. The average Bonchev–Trinajstić information content (AvgIpc) is 2.79. The summed E-state index contributed by atoms with van der Waals surface area (Å²) in [6.45, 7) is 8.90. The Kier molecular flexibility index (Phi) is 6.52. The van der Waals surface area contributed by atoms with Gasteiger partial charge in [-0.25, -0.2) is 4.79 Å². The number of alkyl carbamates (subject to hydrolysis) is 1. The zero-order chi connectivity index (χ0) is 16.8. The molecule has 7 nitrogen and oxygen atoms in total. The van der Waals surface area contributed by atoms with Crippen LogP contribution in [-0.2, 0) is 16.0 Å². The summed E-state index contributed by atoms with van der Waals surface area (Å²) in [5.41, 5.74) is -0.575. The Bertz CT molecular complexity index is 505. The molecule has 0 aliphatic rings. The van der Waals surface area contributed by atoms with Gasteiger partial charge in [0.15, 0.2) is 0 Å². The van der Waals surface area contributed by atoms with Crippen molar-refractivity contribution in [1.82, 2.24) is 15.5 Å². The number of amides is 1. The van der Waals surface area contributed by atoms with E-state index < -0.39 is 17.7 Å². The van der Waals surface area contributed by atoms with E-state index in [-0.39, 0.29) is 18.1 Å². The summed E-state index contributed by atoms with van der Waals surface area (Å²) < 4.78 is 10.7. The number of ketones is 1. The summed E-state index contributed by atoms with van der Waals surface area (Å²) in [6, 6.07) is -0.414. The predicted molar refractivity (Wildman–Crippen MR) is 80.3 cm³/mol. The van der Waals surface area contributed by atoms with Gasteiger partial charge in [0.05, 0.1) is 6.42 Å². The number of rotatable bonds is 7. The highest BCUT2D eigenvalue weighted by atomic mass is 16.6. The van der Waals surface area contributed by atoms with Gasteiger partial charge in [0.2, 0.25) is 11.8 Å². The standard InChI is InChI=1S/C15H25N3O4/c1-6-7-8-11(16-14(20)22-15(3,4)5)13-18-17-12(21-13)9-10(2)19/h11H,6-9H2,1-5H3,(H,16,20). The maximum Gasteiger partial charge on any atom is 0.408 e. The van der Waals surface area contributed by atoms with Crippen LogP contribution in [0.2, 0.25) is 0 Å². The largest absolute Gasteiger partial charge is 0.444 e. The molecule has 0 saturated carbocycles. The van der Waals surface area contributed by atoms with Gasteiger partial charge >= 0.3 is 6.09 Å². The molecule has 1 amide bonds. The van der Waals surface area contributed by atoms with Gasteiger partial charge in [0.1, 0.15) is 17.4 Å². The van der Waals surface area contributed by atoms with Crippen LogP contribution in [0.3, 0.4) is 0 Å². The van der Waals surface area contributed by atoms with Crippen molar-refractivity contribution in [3.05, 3.63) is 11.8 Å². The normalized spacial score (nSPS) is 12.8. The van der Waals surface area contributed by atoms with Gasteiger partial charge in [-0.1, -0.05) is 19.8 Å². The average molecular weight is 311 g/mol. The lowest BCUT2D eigenvalue weighted by Gasteiger charge is -2.22. The van der Waals surface area contributed by atoms with E-state index in [4.69, 9.17) is 9.15 Å². The Morgan fingerprint density at radius 1 is 1.32 bits per heavy atom. The second kappa shape index (κ2) is 7.91. The van der Waals surface area contributed by atoms with Crippen LogP contribution in [0.15, 0.2) is 4.42 Å². The molecular formula is C15H25N3O4. The Labute approximate surface area is 130 Å². The number of carbonyl (C=O) groups is 2. The van der Waals surface area contributed by atoms with Crippen molar-refractivity contribution in [2.45, 2.75) is 71.9 Å². The van der Waals surface area contributed by atoms with Crippen LogP contribution in [0, 0.1) is 0 Å². The maximum absolute atomic E-state index is 11.9. The number of nitrogens with one attached hydrogen (secondary N) is 1. The van der Waals surface area contributed by atoms with Crippen LogP contribution in [0.4, 0.5) is 4.79 Å². The molecule has 0 fully saturated rings. The Balaban J connectivity index is 2.77. The molecule has 0 spiro atoms. The minimum atomic E-state index is -0.575. The van der Waals surface area contributed by atoms with E-state index >= 15 is 0 Å². The predicted octanol–water partition coefficient (Wildman–Crippen LogP) is 2.96. The zero-order valence-corrected chi connectivity index (χ0v) is 13.9.